The highest BCUT2D eigenvalue weighted by Gasteiger charge is 2.31. The van der Waals surface area contributed by atoms with Crippen LogP contribution >= 0.6 is 0 Å². The summed E-state index contributed by atoms with van der Waals surface area (Å²) < 4.78 is 19.1. The minimum atomic E-state index is -0.356. The first kappa shape index (κ1) is 12.2. The Balaban J connectivity index is 1.94. The van der Waals surface area contributed by atoms with Crippen molar-refractivity contribution >= 4 is 5.69 Å². The number of nitrogens with zero attached hydrogens (tertiary/aromatic N) is 1. The van der Waals surface area contributed by atoms with Gasteiger partial charge in [0, 0.05) is 17.3 Å². The molecule has 1 heterocycles. The standard InChI is InChI=1S/C15H16FNO2/c16-14-4-1-5-15(13(14)10-18)17(11-6-7-11)9-12-3-2-8-19-12/h1-5,8,11,18H,6-7,9-10H2. The first-order chi connectivity index (χ1) is 9.29. The second-order valence-corrected chi connectivity index (χ2v) is 4.83. The molecule has 100 valence electrons. The molecule has 0 unspecified atom stereocenters. The Morgan fingerprint density at radius 1 is 1.26 bits per heavy atom. The Morgan fingerprint density at radius 3 is 2.74 bits per heavy atom. The lowest BCUT2D eigenvalue weighted by Gasteiger charge is -2.26. The van der Waals surface area contributed by atoms with E-state index in [9.17, 15) is 9.50 Å². The van der Waals surface area contributed by atoms with Gasteiger partial charge in [0.2, 0.25) is 0 Å². The number of hydrogen-bond donors (Lipinski definition) is 1. The summed E-state index contributed by atoms with van der Waals surface area (Å²) in [6.07, 6.45) is 3.84. The zero-order valence-electron chi connectivity index (χ0n) is 10.6. The van der Waals surface area contributed by atoms with E-state index in [-0.39, 0.29) is 12.4 Å². The molecular formula is C15H16FNO2. The van der Waals surface area contributed by atoms with Crippen molar-refractivity contribution in [2.24, 2.45) is 0 Å². The Morgan fingerprint density at radius 2 is 2.11 bits per heavy atom. The summed E-state index contributed by atoms with van der Waals surface area (Å²) in [7, 11) is 0. The minimum absolute atomic E-state index is 0.288. The van der Waals surface area contributed by atoms with Crippen molar-refractivity contribution in [1.29, 1.82) is 0 Å². The Kier molecular flexibility index (Phi) is 3.25. The summed E-state index contributed by atoms with van der Waals surface area (Å²) in [6, 6.07) is 9.09. The first-order valence-corrected chi connectivity index (χ1v) is 6.47. The van der Waals surface area contributed by atoms with Crippen LogP contribution in [0.3, 0.4) is 0 Å². The van der Waals surface area contributed by atoms with Crippen molar-refractivity contribution in [1.82, 2.24) is 0 Å². The molecule has 0 bridgehead atoms. The van der Waals surface area contributed by atoms with Crippen LogP contribution in [0.2, 0.25) is 0 Å². The molecule has 0 aliphatic heterocycles. The Hall–Kier alpha value is -1.81. The molecule has 1 aromatic carbocycles. The molecule has 0 atom stereocenters. The van der Waals surface area contributed by atoms with Crippen LogP contribution < -0.4 is 4.90 Å². The van der Waals surface area contributed by atoms with Gasteiger partial charge in [-0.15, -0.1) is 0 Å². The fourth-order valence-corrected chi connectivity index (χ4v) is 2.34. The molecule has 0 saturated heterocycles. The topological polar surface area (TPSA) is 36.6 Å². The smallest absolute Gasteiger partial charge is 0.130 e. The van der Waals surface area contributed by atoms with E-state index < -0.39 is 0 Å². The van der Waals surface area contributed by atoms with Crippen molar-refractivity contribution in [2.45, 2.75) is 32.0 Å². The van der Waals surface area contributed by atoms with Gasteiger partial charge in [0.1, 0.15) is 11.6 Å². The van der Waals surface area contributed by atoms with E-state index >= 15 is 0 Å². The highest BCUT2D eigenvalue weighted by atomic mass is 19.1. The van der Waals surface area contributed by atoms with Gasteiger partial charge in [-0.2, -0.15) is 0 Å². The highest BCUT2D eigenvalue weighted by Crippen LogP contribution is 2.35. The number of rotatable bonds is 5. The molecule has 3 rings (SSSR count). The predicted octanol–water partition coefficient (Wildman–Crippen LogP) is 3.08. The zero-order valence-corrected chi connectivity index (χ0v) is 10.6. The third-order valence-corrected chi connectivity index (χ3v) is 3.46. The molecule has 1 aliphatic carbocycles. The van der Waals surface area contributed by atoms with Crippen LogP contribution in [0.1, 0.15) is 24.2 Å². The lowest BCUT2D eigenvalue weighted by atomic mass is 10.1. The largest absolute Gasteiger partial charge is 0.467 e. The summed E-state index contributed by atoms with van der Waals surface area (Å²) in [5.74, 6) is 0.491. The van der Waals surface area contributed by atoms with Crippen LogP contribution in [0.5, 0.6) is 0 Å². The van der Waals surface area contributed by atoms with Crippen LogP contribution in [-0.4, -0.2) is 11.1 Å². The van der Waals surface area contributed by atoms with Crippen molar-refractivity contribution in [3.8, 4) is 0 Å². The van der Waals surface area contributed by atoms with Gasteiger partial charge in [0.05, 0.1) is 19.4 Å². The molecule has 1 N–H and O–H groups in total. The van der Waals surface area contributed by atoms with Crippen LogP contribution in [0.15, 0.2) is 41.0 Å². The maximum absolute atomic E-state index is 13.8. The van der Waals surface area contributed by atoms with Gasteiger partial charge in [-0.3, -0.25) is 0 Å². The second-order valence-electron chi connectivity index (χ2n) is 4.83. The zero-order chi connectivity index (χ0) is 13.2. The summed E-state index contributed by atoms with van der Waals surface area (Å²) in [6.45, 7) is 0.317. The van der Waals surface area contributed by atoms with Crippen LogP contribution in [-0.2, 0) is 13.2 Å². The van der Waals surface area contributed by atoms with Crippen molar-refractivity contribution in [3.63, 3.8) is 0 Å². The summed E-state index contributed by atoms with van der Waals surface area (Å²) in [5, 5.41) is 9.39. The number of benzene rings is 1. The van der Waals surface area contributed by atoms with Crippen LogP contribution in [0.4, 0.5) is 10.1 Å². The molecular weight excluding hydrogens is 245 g/mol. The predicted molar refractivity (Wildman–Crippen MR) is 70.2 cm³/mol. The lowest BCUT2D eigenvalue weighted by Crippen LogP contribution is -2.26. The number of hydrogen-bond acceptors (Lipinski definition) is 3. The van der Waals surface area contributed by atoms with Crippen LogP contribution in [0.25, 0.3) is 0 Å². The quantitative estimate of drug-likeness (QED) is 0.898. The summed E-state index contributed by atoms with van der Waals surface area (Å²) >= 11 is 0. The Labute approximate surface area is 111 Å². The van der Waals surface area contributed by atoms with E-state index in [1.54, 1.807) is 12.3 Å². The average Bonchev–Trinajstić information content (AvgIpc) is 3.13. The first-order valence-electron chi connectivity index (χ1n) is 6.47. The molecule has 4 heteroatoms. The monoisotopic (exact) mass is 261 g/mol. The Bertz CT molecular complexity index is 549. The number of halogens is 1. The second kappa shape index (κ2) is 5.05. The summed E-state index contributed by atoms with van der Waals surface area (Å²) in [5.41, 5.74) is 1.13. The molecule has 0 radical (unpaired) electrons. The van der Waals surface area contributed by atoms with E-state index in [4.69, 9.17) is 4.42 Å². The van der Waals surface area contributed by atoms with Crippen molar-refractivity contribution in [3.05, 3.63) is 53.7 Å². The van der Waals surface area contributed by atoms with Gasteiger partial charge in [0.25, 0.3) is 0 Å². The SMILES string of the molecule is OCc1c(F)cccc1N(Cc1ccco1)C1CC1. The molecule has 0 amide bonds. The van der Waals surface area contributed by atoms with E-state index in [0.29, 0.717) is 18.2 Å². The van der Waals surface area contributed by atoms with Crippen LogP contribution in [0, 0.1) is 5.82 Å². The lowest BCUT2D eigenvalue weighted by molar-refractivity contribution is 0.276. The summed E-state index contributed by atoms with van der Waals surface area (Å²) in [4.78, 5) is 2.12. The van der Waals surface area contributed by atoms with E-state index in [0.717, 1.165) is 24.3 Å². The average molecular weight is 261 g/mol. The molecule has 1 saturated carbocycles. The fourth-order valence-electron chi connectivity index (χ4n) is 2.34. The molecule has 19 heavy (non-hydrogen) atoms. The number of anilines is 1. The van der Waals surface area contributed by atoms with E-state index in [1.165, 1.54) is 6.07 Å². The number of furan rings is 1. The fraction of sp³-hybridized carbons (Fsp3) is 0.333. The third kappa shape index (κ3) is 2.49. The van der Waals surface area contributed by atoms with E-state index in [1.807, 2.05) is 18.2 Å². The highest BCUT2D eigenvalue weighted by molar-refractivity contribution is 5.55. The number of aliphatic hydroxyl groups excluding tert-OH is 1. The minimum Gasteiger partial charge on any atom is -0.467 e. The van der Waals surface area contributed by atoms with E-state index in [2.05, 4.69) is 4.90 Å². The van der Waals surface area contributed by atoms with Gasteiger partial charge < -0.3 is 14.4 Å². The van der Waals surface area contributed by atoms with Crippen molar-refractivity contribution in [2.75, 3.05) is 4.90 Å². The molecule has 0 spiro atoms. The van der Waals surface area contributed by atoms with Gasteiger partial charge in [0.15, 0.2) is 0 Å². The molecule has 1 fully saturated rings. The normalized spacial score (nSPS) is 14.6. The molecule has 1 aliphatic rings. The molecule has 2 aromatic rings. The maximum atomic E-state index is 13.8. The number of aliphatic hydroxyl groups is 1. The van der Waals surface area contributed by atoms with Crippen molar-refractivity contribution < 1.29 is 13.9 Å². The maximum Gasteiger partial charge on any atom is 0.130 e. The molecule has 3 nitrogen and oxygen atoms in total. The van der Waals surface area contributed by atoms with Gasteiger partial charge in [-0.05, 0) is 37.1 Å². The van der Waals surface area contributed by atoms with Gasteiger partial charge >= 0.3 is 0 Å². The third-order valence-electron chi connectivity index (χ3n) is 3.46. The van der Waals surface area contributed by atoms with Gasteiger partial charge in [-0.1, -0.05) is 6.07 Å². The van der Waals surface area contributed by atoms with Gasteiger partial charge in [-0.25, -0.2) is 4.39 Å². The molecule has 1 aromatic heterocycles.